The maximum absolute atomic E-state index is 12.8. The number of alkyl halides is 2. The maximum atomic E-state index is 12.8. The number of halogens is 2. The lowest BCUT2D eigenvalue weighted by Gasteiger charge is -2.37. The zero-order valence-electron chi connectivity index (χ0n) is 15.4. The highest BCUT2D eigenvalue weighted by atomic mass is 19.3. The fourth-order valence-electron chi connectivity index (χ4n) is 2.96. The molecule has 1 saturated heterocycles. The lowest BCUT2D eigenvalue weighted by molar-refractivity contribution is -0.150. The average Bonchev–Trinajstić information content (AvgIpc) is 3.03. The van der Waals surface area contributed by atoms with E-state index in [2.05, 4.69) is 5.10 Å². The summed E-state index contributed by atoms with van der Waals surface area (Å²) in [7, 11) is 0. The van der Waals surface area contributed by atoms with Crippen molar-refractivity contribution in [3.05, 3.63) is 18.0 Å². The normalized spacial score (nSPS) is 21.0. The summed E-state index contributed by atoms with van der Waals surface area (Å²) >= 11 is 0. The third kappa shape index (κ3) is 4.92. The number of aromatic nitrogens is 2. The van der Waals surface area contributed by atoms with E-state index in [4.69, 9.17) is 9.47 Å². The summed E-state index contributed by atoms with van der Waals surface area (Å²) in [6, 6.07) is 0. The van der Waals surface area contributed by atoms with E-state index in [1.165, 1.54) is 17.3 Å². The summed E-state index contributed by atoms with van der Waals surface area (Å²) in [5.74, 6) is -1.40. The first-order chi connectivity index (χ1) is 12.1. The lowest BCUT2D eigenvalue weighted by Crippen LogP contribution is -2.46. The second kappa shape index (κ2) is 8.01. The number of ether oxygens (including phenoxy) is 2. The smallest absolute Gasteiger partial charge is 0.410 e. The molecule has 0 unspecified atom stereocenters. The van der Waals surface area contributed by atoms with Crippen LogP contribution in [-0.2, 0) is 14.3 Å². The molecule has 2 rings (SSSR count). The van der Waals surface area contributed by atoms with E-state index < -0.39 is 36.0 Å². The molecule has 1 amide bonds. The molecule has 9 heteroatoms. The lowest BCUT2D eigenvalue weighted by atomic mass is 9.82. The van der Waals surface area contributed by atoms with Crippen molar-refractivity contribution in [2.45, 2.75) is 52.2 Å². The van der Waals surface area contributed by atoms with Crippen LogP contribution in [-0.4, -0.2) is 52.0 Å². The Morgan fingerprint density at radius 1 is 1.38 bits per heavy atom. The number of amides is 1. The molecule has 0 radical (unpaired) electrons. The van der Waals surface area contributed by atoms with Gasteiger partial charge in [0.2, 0.25) is 0 Å². The molecule has 0 aromatic carbocycles. The molecule has 1 aliphatic rings. The Kier molecular flexibility index (Phi) is 6.20. The van der Waals surface area contributed by atoms with Crippen LogP contribution in [0, 0.1) is 5.92 Å². The first kappa shape index (κ1) is 20.1. The van der Waals surface area contributed by atoms with Gasteiger partial charge in [0.15, 0.2) is 0 Å². The van der Waals surface area contributed by atoms with Gasteiger partial charge in [-0.3, -0.25) is 4.79 Å². The van der Waals surface area contributed by atoms with Gasteiger partial charge in [-0.25, -0.2) is 9.48 Å². The molecular formula is C17H25F2N3O4. The van der Waals surface area contributed by atoms with Crippen molar-refractivity contribution >= 4 is 12.1 Å². The van der Waals surface area contributed by atoms with Gasteiger partial charge in [-0.2, -0.15) is 13.9 Å². The van der Waals surface area contributed by atoms with Crippen LogP contribution in [0.4, 0.5) is 13.6 Å². The van der Waals surface area contributed by atoms with Crippen LogP contribution < -0.4 is 0 Å². The van der Waals surface area contributed by atoms with Gasteiger partial charge in [0, 0.05) is 25.2 Å². The third-order valence-electron chi connectivity index (χ3n) is 4.10. The predicted octanol–water partition coefficient (Wildman–Crippen LogP) is 3.18. The van der Waals surface area contributed by atoms with E-state index in [0.717, 1.165) is 0 Å². The number of piperidine rings is 1. The first-order valence-electron chi connectivity index (χ1n) is 8.59. The van der Waals surface area contributed by atoms with Crippen LogP contribution in [0.1, 0.15) is 52.1 Å². The number of hydrogen-bond donors (Lipinski definition) is 0. The molecule has 2 atom stereocenters. The van der Waals surface area contributed by atoms with Crippen LogP contribution >= 0.6 is 0 Å². The molecular weight excluding hydrogens is 348 g/mol. The predicted molar refractivity (Wildman–Crippen MR) is 88.8 cm³/mol. The van der Waals surface area contributed by atoms with E-state index in [-0.39, 0.29) is 13.2 Å². The van der Waals surface area contributed by atoms with Crippen molar-refractivity contribution in [2.24, 2.45) is 5.92 Å². The van der Waals surface area contributed by atoms with E-state index in [0.29, 0.717) is 23.2 Å². The molecule has 1 aliphatic heterocycles. The minimum atomic E-state index is -2.77. The summed E-state index contributed by atoms with van der Waals surface area (Å²) in [5, 5.41) is 3.64. The van der Waals surface area contributed by atoms with Crippen molar-refractivity contribution in [2.75, 3.05) is 19.7 Å². The Bertz CT molecular complexity index is 642. The molecule has 2 heterocycles. The fourth-order valence-corrected chi connectivity index (χ4v) is 2.96. The van der Waals surface area contributed by atoms with Gasteiger partial charge in [-0.05, 0) is 39.7 Å². The minimum absolute atomic E-state index is 0.174. The standard InChI is InChI=1S/C17H25F2N3O4/c1-5-25-14(23)12-6-7-21(16(24)26-17(2,3)4)10-13(12)11-8-20-22(9-11)15(18)19/h8-9,12-13,15H,5-7,10H2,1-4H3/t12-,13-/m1/s1. The average molecular weight is 373 g/mol. The number of esters is 1. The molecule has 1 fully saturated rings. The monoisotopic (exact) mass is 373 g/mol. The molecule has 0 aliphatic carbocycles. The van der Waals surface area contributed by atoms with Gasteiger partial charge in [0.05, 0.1) is 18.7 Å². The second-order valence-corrected chi connectivity index (χ2v) is 7.21. The van der Waals surface area contributed by atoms with Gasteiger partial charge in [0.1, 0.15) is 5.60 Å². The van der Waals surface area contributed by atoms with Crippen LogP contribution in [0.5, 0.6) is 0 Å². The van der Waals surface area contributed by atoms with Crippen molar-refractivity contribution in [3.8, 4) is 0 Å². The summed E-state index contributed by atoms with van der Waals surface area (Å²) in [6.45, 7) is 4.97. The largest absolute Gasteiger partial charge is 0.466 e. The number of hydrogen-bond acceptors (Lipinski definition) is 5. The van der Waals surface area contributed by atoms with Gasteiger partial charge in [0.25, 0.3) is 0 Å². The number of likely N-dealkylation sites (tertiary alicyclic amines) is 1. The Labute approximate surface area is 151 Å². The van der Waals surface area contributed by atoms with Crippen LogP contribution in [0.15, 0.2) is 12.4 Å². The minimum Gasteiger partial charge on any atom is -0.466 e. The molecule has 1 aromatic rings. The molecule has 0 saturated carbocycles. The fraction of sp³-hybridized carbons (Fsp3) is 0.706. The summed E-state index contributed by atoms with van der Waals surface area (Å²) in [6.07, 6.45) is 2.38. The Hall–Kier alpha value is -2.19. The van der Waals surface area contributed by atoms with Crippen molar-refractivity contribution < 1.29 is 27.8 Å². The SMILES string of the molecule is CCOC(=O)[C@@H]1CCN(C(=O)OC(C)(C)C)C[C@@H]1c1cnn(C(F)F)c1. The molecule has 0 spiro atoms. The second-order valence-electron chi connectivity index (χ2n) is 7.21. The number of carbonyl (C=O) groups is 2. The summed E-state index contributed by atoms with van der Waals surface area (Å²) < 4.78 is 36.7. The molecule has 146 valence electrons. The molecule has 26 heavy (non-hydrogen) atoms. The Morgan fingerprint density at radius 2 is 2.08 bits per heavy atom. The third-order valence-corrected chi connectivity index (χ3v) is 4.10. The van der Waals surface area contributed by atoms with Crippen LogP contribution in [0.2, 0.25) is 0 Å². The van der Waals surface area contributed by atoms with E-state index in [1.54, 1.807) is 27.7 Å². The highest BCUT2D eigenvalue weighted by molar-refractivity contribution is 5.75. The zero-order valence-corrected chi connectivity index (χ0v) is 15.4. The number of nitrogens with zero attached hydrogens (tertiary/aromatic N) is 3. The quantitative estimate of drug-likeness (QED) is 0.758. The molecule has 0 N–H and O–H groups in total. The van der Waals surface area contributed by atoms with Gasteiger partial charge in [-0.15, -0.1) is 0 Å². The summed E-state index contributed by atoms with van der Waals surface area (Å²) in [4.78, 5) is 26.1. The van der Waals surface area contributed by atoms with Gasteiger partial charge in [-0.1, -0.05) is 0 Å². The van der Waals surface area contributed by atoms with Crippen molar-refractivity contribution in [1.29, 1.82) is 0 Å². The van der Waals surface area contributed by atoms with Crippen LogP contribution in [0.3, 0.4) is 0 Å². The number of carbonyl (C=O) groups excluding carboxylic acids is 2. The van der Waals surface area contributed by atoms with Gasteiger partial charge >= 0.3 is 18.6 Å². The van der Waals surface area contributed by atoms with E-state index in [9.17, 15) is 18.4 Å². The highest BCUT2D eigenvalue weighted by Gasteiger charge is 2.39. The van der Waals surface area contributed by atoms with Crippen LogP contribution in [0.25, 0.3) is 0 Å². The van der Waals surface area contributed by atoms with E-state index in [1.807, 2.05) is 0 Å². The Balaban J connectivity index is 2.22. The molecule has 1 aromatic heterocycles. The zero-order chi connectivity index (χ0) is 19.5. The van der Waals surface area contributed by atoms with Crippen molar-refractivity contribution in [3.63, 3.8) is 0 Å². The maximum Gasteiger partial charge on any atom is 0.410 e. The highest BCUT2D eigenvalue weighted by Crippen LogP contribution is 2.34. The Morgan fingerprint density at radius 3 is 2.62 bits per heavy atom. The number of rotatable bonds is 4. The van der Waals surface area contributed by atoms with Crippen molar-refractivity contribution in [1.82, 2.24) is 14.7 Å². The summed E-state index contributed by atoms with van der Waals surface area (Å²) in [5.41, 5.74) is -0.179. The molecule has 7 nitrogen and oxygen atoms in total. The van der Waals surface area contributed by atoms with E-state index >= 15 is 0 Å². The topological polar surface area (TPSA) is 73.7 Å². The molecule has 0 bridgehead atoms. The van der Waals surface area contributed by atoms with Gasteiger partial charge < -0.3 is 14.4 Å². The first-order valence-corrected chi connectivity index (χ1v) is 8.59.